The lowest BCUT2D eigenvalue weighted by Gasteiger charge is -2.43. The highest BCUT2D eigenvalue weighted by atomic mass is 32.3. The molecule has 0 amide bonds. The molecule has 36 heavy (non-hydrogen) atoms. The lowest BCUT2D eigenvalue weighted by Crippen LogP contribution is -2.75. The van der Waals surface area contributed by atoms with Crippen molar-refractivity contribution in [2.24, 2.45) is 0 Å². The van der Waals surface area contributed by atoms with Crippen LogP contribution in [0.4, 0.5) is 74.6 Å². The van der Waals surface area contributed by atoms with Crippen LogP contribution in [0.2, 0.25) is 0 Å². The van der Waals surface area contributed by atoms with Gasteiger partial charge in [0, 0.05) is 12.5 Å². The van der Waals surface area contributed by atoms with Crippen molar-refractivity contribution in [3.63, 3.8) is 0 Å². The van der Waals surface area contributed by atoms with Gasteiger partial charge < -0.3 is 0 Å². The first-order valence-electron chi connectivity index (χ1n) is 8.21. The van der Waals surface area contributed by atoms with Crippen molar-refractivity contribution in [3.8, 4) is 0 Å². The van der Waals surface area contributed by atoms with Gasteiger partial charge in [-0.1, -0.05) is 0 Å². The third-order valence-corrected chi connectivity index (χ3v) is 7.45. The quantitative estimate of drug-likeness (QED) is 0.244. The average molecular weight is 620 g/mol. The third-order valence-electron chi connectivity index (χ3n) is 3.68. The molecule has 0 spiro atoms. The molecular formula is C13H13F17O4S2. The van der Waals surface area contributed by atoms with Crippen LogP contribution in [-0.2, 0) is 17.9 Å². The van der Waals surface area contributed by atoms with Gasteiger partial charge in [-0.3, -0.25) is 4.18 Å². The number of alkyl halides is 17. The van der Waals surface area contributed by atoms with Crippen LogP contribution in [0, 0.1) is 0 Å². The standard InChI is InChI=1S/C13H13F17O4S2/c1-5(2)33-35(3,4)34-36(31,32)13(29,30)11(24,25)9(20,21)7(16,17)6(14,15)8(18,19)10(22,23)12(26,27)28/h5H,1-4H3. The predicted molar refractivity (Wildman–Crippen MR) is 86.3 cm³/mol. The summed E-state index contributed by atoms with van der Waals surface area (Å²) in [6.45, 7) is 2.09. The summed E-state index contributed by atoms with van der Waals surface area (Å²) in [5, 5.41) is -7.73. The second kappa shape index (κ2) is 9.06. The molecule has 0 aromatic heterocycles. The fourth-order valence-corrected chi connectivity index (χ4v) is 5.61. The van der Waals surface area contributed by atoms with Gasteiger partial charge >= 0.3 is 57.1 Å². The Kier molecular flexibility index (Phi) is 8.81. The zero-order valence-electron chi connectivity index (χ0n) is 17.5. The molecule has 0 aliphatic carbocycles. The van der Waals surface area contributed by atoms with Crippen LogP contribution in [0.5, 0.6) is 0 Å². The highest BCUT2D eigenvalue weighted by molar-refractivity contribution is 8.28. The maximum absolute atomic E-state index is 13.9. The summed E-state index contributed by atoms with van der Waals surface area (Å²) in [6.07, 6.45) is -8.19. The summed E-state index contributed by atoms with van der Waals surface area (Å²) in [7, 11) is -11.6. The number of halogens is 17. The summed E-state index contributed by atoms with van der Waals surface area (Å²) >= 11 is 0. The van der Waals surface area contributed by atoms with Gasteiger partial charge in [0.05, 0.1) is 6.10 Å². The van der Waals surface area contributed by atoms with Crippen LogP contribution < -0.4 is 0 Å². The monoisotopic (exact) mass is 620 g/mol. The predicted octanol–water partition coefficient (Wildman–Crippen LogP) is 6.62. The lowest BCUT2D eigenvalue weighted by molar-refractivity contribution is -0.458. The highest BCUT2D eigenvalue weighted by Gasteiger charge is 2.96. The number of rotatable bonds is 11. The van der Waals surface area contributed by atoms with E-state index >= 15 is 0 Å². The maximum Gasteiger partial charge on any atom is 0.460 e. The van der Waals surface area contributed by atoms with E-state index in [0.717, 1.165) is 13.8 Å². The number of hydrogen-bond donors (Lipinski definition) is 0. The first kappa shape index (κ1) is 35.0. The van der Waals surface area contributed by atoms with E-state index < -0.39 is 73.8 Å². The molecule has 0 aliphatic heterocycles. The second-order valence-corrected chi connectivity index (χ2v) is 11.7. The van der Waals surface area contributed by atoms with Crippen molar-refractivity contribution in [3.05, 3.63) is 0 Å². The van der Waals surface area contributed by atoms with Gasteiger partial charge in [0.15, 0.2) is 0 Å². The van der Waals surface area contributed by atoms with E-state index in [4.69, 9.17) is 0 Å². The van der Waals surface area contributed by atoms with E-state index in [1.807, 2.05) is 0 Å². The average Bonchev–Trinajstić information content (AvgIpc) is 2.57. The Labute approximate surface area is 191 Å². The summed E-state index contributed by atoms with van der Waals surface area (Å²) in [5.74, 6) is -51.9. The normalized spacial score (nSPS) is 17.1. The summed E-state index contributed by atoms with van der Waals surface area (Å²) in [4.78, 5) is 0. The van der Waals surface area contributed by atoms with E-state index in [2.05, 4.69) is 7.81 Å². The molecule has 0 fully saturated rings. The molecule has 0 rings (SSSR count). The van der Waals surface area contributed by atoms with Gasteiger partial charge in [0.1, 0.15) is 0 Å². The molecule has 0 unspecified atom stereocenters. The smallest absolute Gasteiger partial charge is 0.281 e. The van der Waals surface area contributed by atoms with Crippen LogP contribution in [0.1, 0.15) is 13.8 Å². The highest BCUT2D eigenvalue weighted by Crippen LogP contribution is 2.65. The topological polar surface area (TPSA) is 52.6 Å². The summed E-state index contributed by atoms with van der Waals surface area (Å²) in [6, 6.07) is 0. The Morgan fingerprint density at radius 3 is 1.08 bits per heavy atom. The molecule has 0 N–H and O–H groups in total. The van der Waals surface area contributed by atoms with Crippen molar-refractivity contribution in [1.82, 2.24) is 0 Å². The van der Waals surface area contributed by atoms with E-state index in [1.54, 1.807) is 0 Å². The Balaban J connectivity index is 6.90. The second-order valence-electron chi connectivity index (χ2n) is 7.27. The third kappa shape index (κ3) is 5.04. The van der Waals surface area contributed by atoms with Crippen molar-refractivity contribution in [1.29, 1.82) is 0 Å². The van der Waals surface area contributed by atoms with E-state index in [9.17, 15) is 83.1 Å². The molecule has 4 nitrogen and oxygen atoms in total. The van der Waals surface area contributed by atoms with Gasteiger partial charge in [-0.05, 0) is 13.8 Å². The maximum atomic E-state index is 13.9. The summed E-state index contributed by atoms with van der Waals surface area (Å²) < 4.78 is 256. The fourth-order valence-electron chi connectivity index (χ4n) is 2.04. The molecule has 0 saturated heterocycles. The largest absolute Gasteiger partial charge is 0.460 e. The van der Waals surface area contributed by atoms with Crippen LogP contribution in [0.25, 0.3) is 0 Å². The molecule has 0 heterocycles. The van der Waals surface area contributed by atoms with Crippen molar-refractivity contribution >= 4 is 20.7 Å². The Bertz CT molecular complexity index is 908. The summed E-state index contributed by atoms with van der Waals surface area (Å²) in [5.41, 5.74) is 0. The van der Waals surface area contributed by atoms with Gasteiger partial charge in [-0.15, -0.1) is 0 Å². The van der Waals surface area contributed by atoms with E-state index in [-0.39, 0.29) is 0 Å². The van der Waals surface area contributed by atoms with Crippen LogP contribution in [0.3, 0.4) is 0 Å². The molecule has 0 bridgehead atoms. The minimum atomic E-state index is -8.89. The minimum absolute atomic E-state index is 0.430. The molecule has 0 aliphatic rings. The first-order valence-corrected chi connectivity index (χ1v) is 11.9. The van der Waals surface area contributed by atoms with Crippen LogP contribution in [-0.4, -0.2) is 74.0 Å². The Morgan fingerprint density at radius 1 is 0.528 bits per heavy atom. The first-order chi connectivity index (χ1) is 15.1. The zero-order chi connectivity index (χ0) is 30.0. The van der Waals surface area contributed by atoms with Gasteiger partial charge in [-0.2, -0.15) is 97.3 Å². The molecule has 0 aromatic rings. The molecule has 23 heteroatoms. The van der Waals surface area contributed by atoms with Gasteiger partial charge in [0.25, 0.3) is 0 Å². The fraction of sp³-hybridized carbons (Fsp3) is 1.00. The van der Waals surface area contributed by atoms with Gasteiger partial charge in [0.2, 0.25) is 0 Å². The Hall–Kier alpha value is -0.970. The zero-order valence-corrected chi connectivity index (χ0v) is 19.1. The molecule has 0 radical (unpaired) electrons. The number of hydrogen-bond acceptors (Lipinski definition) is 4. The van der Waals surface area contributed by atoms with Crippen molar-refractivity contribution in [2.75, 3.05) is 12.5 Å². The molecular weight excluding hydrogens is 607 g/mol. The molecule has 0 saturated carbocycles. The van der Waals surface area contributed by atoms with Gasteiger partial charge in [-0.25, -0.2) is 0 Å². The van der Waals surface area contributed by atoms with Crippen LogP contribution in [0.15, 0.2) is 0 Å². The Morgan fingerprint density at radius 2 is 0.806 bits per heavy atom. The lowest BCUT2D eigenvalue weighted by atomic mass is 9.91. The van der Waals surface area contributed by atoms with Crippen molar-refractivity contribution < 1.29 is 90.9 Å². The SMILES string of the molecule is CC(C)OS(C)(C)OS(=O)(=O)C(F)(F)C(F)(F)C(F)(F)C(F)(F)C(F)(F)C(F)(F)C(F)(F)C(F)(F)F. The minimum Gasteiger partial charge on any atom is -0.281 e. The van der Waals surface area contributed by atoms with E-state index in [1.165, 1.54) is 0 Å². The van der Waals surface area contributed by atoms with Crippen LogP contribution >= 0.6 is 10.6 Å². The molecule has 0 atom stereocenters. The molecule has 220 valence electrons. The molecule has 0 aromatic carbocycles. The van der Waals surface area contributed by atoms with E-state index in [0.29, 0.717) is 12.5 Å². The van der Waals surface area contributed by atoms with Crippen molar-refractivity contribution in [2.45, 2.75) is 66.9 Å².